The van der Waals surface area contributed by atoms with Gasteiger partial charge in [-0.15, -0.1) is 0 Å². The molecule has 20 heavy (non-hydrogen) atoms. The van der Waals surface area contributed by atoms with Gasteiger partial charge in [-0.2, -0.15) is 0 Å². The maximum Gasteiger partial charge on any atom is 0.146 e. The van der Waals surface area contributed by atoms with Crippen LogP contribution in [-0.4, -0.2) is 6.04 Å². The molecule has 0 bridgehead atoms. The Hall–Kier alpha value is -1.26. The van der Waals surface area contributed by atoms with Gasteiger partial charge in [-0.3, -0.25) is 0 Å². The molecule has 0 atom stereocenters. The van der Waals surface area contributed by atoms with Crippen LogP contribution in [-0.2, 0) is 13.2 Å². The average Bonchev–Trinajstić information content (AvgIpc) is 2.76. The molecule has 0 saturated carbocycles. The summed E-state index contributed by atoms with van der Waals surface area (Å²) in [4.78, 5) is 0. The van der Waals surface area contributed by atoms with Crippen molar-refractivity contribution in [2.75, 3.05) is 0 Å². The maximum absolute atomic E-state index is 5.72. The molecular formula is C16H20BrNO2. The highest BCUT2D eigenvalue weighted by Gasteiger charge is 2.08. The number of rotatable bonds is 6. The Morgan fingerprint density at radius 2 is 1.95 bits per heavy atom. The van der Waals surface area contributed by atoms with E-state index < -0.39 is 0 Å². The minimum atomic E-state index is 0.449. The van der Waals surface area contributed by atoms with Crippen LogP contribution in [0, 0.1) is 6.92 Å². The van der Waals surface area contributed by atoms with Crippen LogP contribution >= 0.6 is 15.9 Å². The molecule has 1 aromatic heterocycles. The van der Waals surface area contributed by atoms with Crippen molar-refractivity contribution in [2.24, 2.45) is 0 Å². The fraction of sp³-hybridized carbons (Fsp3) is 0.375. The van der Waals surface area contributed by atoms with Crippen molar-refractivity contribution >= 4 is 15.9 Å². The smallest absolute Gasteiger partial charge is 0.146 e. The quantitative estimate of drug-likeness (QED) is 0.846. The lowest BCUT2D eigenvalue weighted by Gasteiger charge is -2.06. The first-order chi connectivity index (χ1) is 9.54. The van der Waals surface area contributed by atoms with E-state index in [0.717, 1.165) is 28.3 Å². The number of furan rings is 1. The van der Waals surface area contributed by atoms with E-state index in [1.54, 1.807) is 0 Å². The van der Waals surface area contributed by atoms with Gasteiger partial charge in [0.15, 0.2) is 0 Å². The van der Waals surface area contributed by atoms with Crippen molar-refractivity contribution < 1.29 is 9.15 Å². The third-order valence-electron chi connectivity index (χ3n) is 2.97. The van der Waals surface area contributed by atoms with E-state index in [2.05, 4.69) is 41.2 Å². The molecule has 0 radical (unpaired) electrons. The van der Waals surface area contributed by atoms with Crippen LogP contribution in [0.3, 0.4) is 0 Å². The zero-order valence-corrected chi connectivity index (χ0v) is 13.7. The molecule has 1 heterocycles. The van der Waals surface area contributed by atoms with E-state index in [9.17, 15) is 0 Å². The molecule has 0 aliphatic carbocycles. The topological polar surface area (TPSA) is 34.4 Å². The van der Waals surface area contributed by atoms with Gasteiger partial charge in [0.25, 0.3) is 0 Å². The van der Waals surface area contributed by atoms with Gasteiger partial charge in [-0.25, -0.2) is 0 Å². The van der Waals surface area contributed by atoms with Gasteiger partial charge in [0.05, 0.1) is 0 Å². The molecule has 0 saturated heterocycles. The molecule has 0 spiro atoms. The molecule has 2 aromatic rings. The fourth-order valence-corrected chi connectivity index (χ4v) is 2.10. The number of halogens is 1. The van der Waals surface area contributed by atoms with Gasteiger partial charge in [0.1, 0.15) is 23.9 Å². The lowest BCUT2D eigenvalue weighted by atomic mass is 10.2. The summed E-state index contributed by atoms with van der Waals surface area (Å²) in [5, 5.41) is 3.39. The minimum absolute atomic E-state index is 0.449. The molecule has 0 aliphatic rings. The standard InChI is InChI=1S/C16H20BrNO2/c1-11(2)18-9-13-8-16(20-12(13)3)10-19-15-6-4-14(17)5-7-15/h4-8,11,18H,9-10H2,1-3H3. The second-order valence-corrected chi connectivity index (χ2v) is 5.99. The molecule has 0 amide bonds. The second-order valence-electron chi connectivity index (χ2n) is 5.07. The first kappa shape index (κ1) is 15.1. The molecule has 0 aliphatic heterocycles. The number of hydrogen-bond donors (Lipinski definition) is 1. The molecule has 4 heteroatoms. The average molecular weight is 338 g/mol. The summed E-state index contributed by atoms with van der Waals surface area (Å²) in [6.07, 6.45) is 0. The number of aryl methyl sites for hydroxylation is 1. The molecule has 0 fully saturated rings. The lowest BCUT2D eigenvalue weighted by molar-refractivity contribution is 0.267. The summed E-state index contributed by atoms with van der Waals surface area (Å²) < 4.78 is 12.5. The van der Waals surface area contributed by atoms with E-state index in [0.29, 0.717) is 12.6 Å². The van der Waals surface area contributed by atoms with Gasteiger partial charge in [0, 0.05) is 22.6 Å². The number of ether oxygens (including phenoxy) is 1. The monoisotopic (exact) mass is 337 g/mol. The van der Waals surface area contributed by atoms with Crippen molar-refractivity contribution in [2.45, 2.75) is 40.0 Å². The molecule has 0 unspecified atom stereocenters. The Morgan fingerprint density at radius 3 is 2.60 bits per heavy atom. The minimum Gasteiger partial charge on any atom is -0.486 e. The molecule has 1 N–H and O–H groups in total. The van der Waals surface area contributed by atoms with Crippen LogP contribution in [0.25, 0.3) is 0 Å². The zero-order chi connectivity index (χ0) is 14.5. The molecule has 3 nitrogen and oxygen atoms in total. The summed E-state index contributed by atoms with van der Waals surface area (Å²) in [7, 11) is 0. The van der Waals surface area contributed by atoms with Crippen molar-refractivity contribution in [3.8, 4) is 5.75 Å². The van der Waals surface area contributed by atoms with E-state index in [4.69, 9.17) is 9.15 Å². The highest BCUT2D eigenvalue weighted by atomic mass is 79.9. The van der Waals surface area contributed by atoms with Crippen LogP contribution in [0.5, 0.6) is 5.75 Å². The maximum atomic E-state index is 5.72. The van der Waals surface area contributed by atoms with E-state index in [1.165, 1.54) is 5.56 Å². The molecule has 1 aromatic carbocycles. The van der Waals surface area contributed by atoms with Crippen LogP contribution in [0.15, 0.2) is 39.2 Å². The molecular weight excluding hydrogens is 318 g/mol. The summed E-state index contributed by atoms with van der Waals surface area (Å²) in [6.45, 7) is 7.52. The van der Waals surface area contributed by atoms with Gasteiger partial charge in [-0.1, -0.05) is 29.8 Å². The first-order valence-electron chi connectivity index (χ1n) is 6.74. The van der Waals surface area contributed by atoms with E-state index in [-0.39, 0.29) is 0 Å². The van der Waals surface area contributed by atoms with Crippen molar-refractivity contribution in [3.63, 3.8) is 0 Å². The van der Waals surface area contributed by atoms with Crippen LogP contribution in [0.1, 0.15) is 30.9 Å². The summed E-state index contributed by atoms with van der Waals surface area (Å²) in [5.41, 5.74) is 1.19. The van der Waals surface area contributed by atoms with Crippen LogP contribution in [0.2, 0.25) is 0 Å². The lowest BCUT2D eigenvalue weighted by Crippen LogP contribution is -2.21. The highest BCUT2D eigenvalue weighted by Crippen LogP contribution is 2.19. The summed E-state index contributed by atoms with van der Waals surface area (Å²) in [5.74, 6) is 2.64. The fourth-order valence-electron chi connectivity index (χ4n) is 1.83. The predicted molar refractivity (Wildman–Crippen MR) is 83.9 cm³/mol. The predicted octanol–water partition coefficient (Wildman–Crippen LogP) is 4.43. The van der Waals surface area contributed by atoms with Crippen molar-refractivity contribution in [1.29, 1.82) is 0 Å². The SMILES string of the molecule is Cc1oc(COc2ccc(Br)cc2)cc1CNC(C)C. The Kier molecular flexibility index (Phi) is 5.26. The number of benzene rings is 1. The van der Waals surface area contributed by atoms with Gasteiger partial charge < -0.3 is 14.5 Å². The van der Waals surface area contributed by atoms with Gasteiger partial charge in [0.2, 0.25) is 0 Å². The van der Waals surface area contributed by atoms with E-state index >= 15 is 0 Å². The largest absolute Gasteiger partial charge is 0.486 e. The summed E-state index contributed by atoms with van der Waals surface area (Å²) in [6, 6.07) is 10.3. The second kappa shape index (κ2) is 6.95. The van der Waals surface area contributed by atoms with Crippen molar-refractivity contribution in [3.05, 3.63) is 51.9 Å². The number of nitrogens with one attached hydrogen (secondary N) is 1. The van der Waals surface area contributed by atoms with Gasteiger partial charge in [-0.05, 0) is 37.3 Å². The molecule has 108 valence electrons. The van der Waals surface area contributed by atoms with Crippen LogP contribution < -0.4 is 10.1 Å². The zero-order valence-electron chi connectivity index (χ0n) is 12.1. The number of hydrogen-bond acceptors (Lipinski definition) is 3. The molecule has 2 rings (SSSR count). The van der Waals surface area contributed by atoms with Crippen molar-refractivity contribution in [1.82, 2.24) is 5.32 Å². The van der Waals surface area contributed by atoms with E-state index in [1.807, 2.05) is 31.2 Å². The normalized spacial score (nSPS) is 11.1. The Bertz CT molecular complexity index is 546. The van der Waals surface area contributed by atoms with Crippen LogP contribution in [0.4, 0.5) is 0 Å². The Balaban J connectivity index is 1.93. The third-order valence-corrected chi connectivity index (χ3v) is 3.50. The first-order valence-corrected chi connectivity index (χ1v) is 7.54. The highest BCUT2D eigenvalue weighted by molar-refractivity contribution is 9.10. The Labute approximate surface area is 128 Å². The summed E-state index contributed by atoms with van der Waals surface area (Å²) >= 11 is 3.40. The third kappa shape index (κ3) is 4.39. The van der Waals surface area contributed by atoms with Gasteiger partial charge >= 0.3 is 0 Å². The Morgan fingerprint density at radius 1 is 1.25 bits per heavy atom.